The molecular formula is C10H17N. The van der Waals surface area contributed by atoms with Gasteiger partial charge in [0.05, 0.1) is 0 Å². The topological polar surface area (TPSA) is 12.4 Å². The quantitative estimate of drug-likeness (QED) is 0.537. The van der Waals surface area contributed by atoms with Gasteiger partial charge in [0.25, 0.3) is 0 Å². The summed E-state index contributed by atoms with van der Waals surface area (Å²) in [5, 5.41) is 0. The summed E-state index contributed by atoms with van der Waals surface area (Å²) in [6, 6.07) is 0. The predicted molar refractivity (Wildman–Crippen MR) is 52.0 cm³/mol. The van der Waals surface area contributed by atoms with Gasteiger partial charge in [0.2, 0.25) is 0 Å². The molecule has 0 fully saturated rings. The fraction of sp³-hybridized carbons (Fsp3) is 0.500. The molecule has 0 aliphatic rings. The third kappa shape index (κ3) is 5.59. The zero-order chi connectivity index (χ0) is 8.85. The zero-order valence-electron chi connectivity index (χ0n) is 8.10. The highest BCUT2D eigenvalue weighted by molar-refractivity contribution is 5.72. The van der Waals surface area contributed by atoms with Crippen LogP contribution < -0.4 is 0 Å². The van der Waals surface area contributed by atoms with Crippen molar-refractivity contribution in [2.75, 3.05) is 0 Å². The van der Waals surface area contributed by atoms with Gasteiger partial charge in [-0.2, -0.15) is 0 Å². The lowest BCUT2D eigenvalue weighted by Crippen LogP contribution is -1.75. The van der Waals surface area contributed by atoms with Gasteiger partial charge in [-0.15, -0.1) is 0 Å². The van der Waals surface area contributed by atoms with E-state index in [0.29, 0.717) is 0 Å². The van der Waals surface area contributed by atoms with Crippen molar-refractivity contribution < 1.29 is 0 Å². The van der Waals surface area contributed by atoms with E-state index in [-0.39, 0.29) is 0 Å². The third-order valence-corrected chi connectivity index (χ3v) is 1.40. The van der Waals surface area contributed by atoms with Gasteiger partial charge >= 0.3 is 0 Å². The first-order chi connectivity index (χ1) is 5.04. The number of aliphatic imine (C=N–C) groups is 1. The number of nitrogens with zero attached hydrogens (tertiary/aromatic N) is 1. The molecule has 0 aromatic carbocycles. The van der Waals surface area contributed by atoms with E-state index in [0.717, 1.165) is 5.70 Å². The Morgan fingerprint density at radius 1 is 1.00 bits per heavy atom. The molecule has 0 aliphatic heterocycles. The van der Waals surface area contributed by atoms with E-state index in [1.165, 1.54) is 11.1 Å². The number of hydrogen-bond donors (Lipinski definition) is 0. The van der Waals surface area contributed by atoms with E-state index >= 15 is 0 Å². The second-order valence-electron chi connectivity index (χ2n) is 3.11. The molecule has 0 atom stereocenters. The van der Waals surface area contributed by atoms with Crippen LogP contribution in [-0.2, 0) is 0 Å². The molecule has 0 amide bonds. The first-order valence-corrected chi connectivity index (χ1v) is 3.85. The van der Waals surface area contributed by atoms with Crippen LogP contribution in [0.3, 0.4) is 0 Å². The monoisotopic (exact) mass is 151 g/mol. The zero-order valence-corrected chi connectivity index (χ0v) is 8.10. The molecule has 0 rings (SSSR count). The summed E-state index contributed by atoms with van der Waals surface area (Å²) in [6.45, 7) is 10.3. The largest absolute Gasteiger partial charge is 0.262 e. The van der Waals surface area contributed by atoms with E-state index in [1.807, 2.05) is 19.2 Å². The molecule has 1 nitrogen and oxygen atoms in total. The van der Waals surface area contributed by atoms with Crippen LogP contribution in [0.15, 0.2) is 27.9 Å². The van der Waals surface area contributed by atoms with Crippen molar-refractivity contribution >= 4 is 6.21 Å². The van der Waals surface area contributed by atoms with Crippen molar-refractivity contribution in [3.63, 3.8) is 0 Å². The van der Waals surface area contributed by atoms with Crippen LogP contribution in [0.2, 0.25) is 0 Å². The van der Waals surface area contributed by atoms with Crippen molar-refractivity contribution in [1.82, 2.24) is 0 Å². The number of rotatable bonds is 2. The predicted octanol–water partition coefficient (Wildman–Crippen LogP) is 3.34. The van der Waals surface area contributed by atoms with Gasteiger partial charge in [-0.3, -0.25) is 4.99 Å². The Morgan fingerprint density at radius 3 is 1.91 bits per heavy atom. The summed E-state index contributed by atoms with van der Waals surface area (Å²) in [5.74, 6) is 0. The summed E-state index contributed by atoms with van der Waals surface area (Å²) in [7, 11) is 0. The number of hydrogen-bond acceptors (Lipinski definition) is 1. The Morgan fingerprint density at radius 2 is 1.55 bits per heavy atom. The van der Waals surface area contributed by atoms with Gasteiger partial charge in [-0.25, -0.2) is 0 Å². The molecule has 0 aliphatic carbocycles. The molecule has 0 heterocycles. The van der Waals surface area contributed by atoms with Crippen molar-refractivity contribution in [2.45, 2.75) is 34.6 Å². The Balaban J connectivity index is 4.16. The average Bonchev–Trinajstić information content (AvgIpc) is 1.86. The molecule has 11 heavy (non-hydrogen) atoms. The summed E-state index contributed by atoms with van der Waals surface area (Å²) >= 11 is 0. The van der Waals surface area contributed by atoms with Crippen LogP contribution in [0.1, 0.15) is 34.6 Å². The van der Waals surface area contributed by atoms with E-state index in [2.05, 4.69) is 32.7 Å². The van der Waals surface area contributed by atoms with Crippen molar-refractivity contribution in [1.29, 1.82) is 0 Å². The second kappa shape index (κ2) is 4.89. The van der Waals surface area contributed by atoms with E-state index in [9.17, 15) is 0 Å². The minimum Gasteiger partial charge on any atom is -0.262 e. The molecular weight excluding hydrogens is 134 g/mol. The van der Waals surface area contributed by atoms with E-state index < -0.39 is 0 Å². The molecule has 0 aromatic rings. The van der Waals surface area contributed by atoms with Crippen LogP contribution in [-0.4, -0.2) is 6.21 Å². The number of allylic oxidation sites excluding steroid dienone is 4. The van der Waals surface area contributed by atoms with Gasteiger partial charge in [0, 0.05) is 11.9 Å². The summed E-state index contributed by atoms with van der Waals surface area (Å²) in [6.07, 6.45) is 3.85. The van der Waals surface area contributed by atoms with Crippen LogP contribution in [0.4, 0.5) is 0 Å². The lowest BCUT2D eigenvalue weighted by Gasteiger charge is -1.92. The molecule has 0 unspecified atom stereocenters. The maximum absolute atomic E-state index is 4.24. The highest BCUT2D eigenvalue weighted by Gasteiger charge is 1.83. The van der Waals surface area contributed by atoms with Crippen LogP contribution in [0.25, 0.3) is 0 Å². The summed E-state index contributed by atoms with van der Waals surface area (Å²) < 4.78 is 0. The minimum absolute atomic E-state index is 1.10. The van der Waals surface area contributed by atoms with Crippen molar-refractivity contribution in [3.05, 3.63) is 22.9 Å². The van der Waals surface area contributed by atoms with Crippen LogP contribution in [0, 0.1) is 0 Å². The Bertz CT molecular complexity index is 199. The Hall–Kier alpha value is -0.850. The maximum atomic E-state index is 4.24. The molecule has 0 aromatic heterocycles. The van der Waals surface area contributed by atoms with Crippen molar-refractivity contribution in [3.8, 4) is 0 Å². The molecule has 0 spiro atoms. The smallest absolute Gasteiger partial charge is 0.0359 e. The highest BCUT2D eigenvalue weighted by Crippen LogP contribution is 2.01. The van der Waals surface area contributed by atoms with Gasteiger partial charge in [-0.05, 0) is 40.7 Å². The van der Waals surface area contributed by atoms with Crippen LogP contribution in [0.5, 0.6) is 0 Å². The van der Waals surface area contributed by atoms with Crippen LogP contribution >= 0.6 is 0 Å². The molecule has 0 radical (unpaired) electrons. The highest BCUT2D eigenvalue weighted by atomic mass is 14.7. The molecule has 0 saturated carbocycles. The molecule has 0 N–H and O–H groups in total. The third-order valence-electron chi connectivity index (χ3n) is 1.40. The van der Waals surface area contributed by atoms with Gasteiger partial charge in [0.15, 0.2) is 0 Å². The minimum atomic E-state index is 1.10. The Kier molecular flexibility index (Phi) is 4.51. The fourth-order valence-corrected chi connectivity index (χ4v) is 0.427. The SMILES string of the molecule is CC(C)=CC=NC(C)=C(C)C. The van der Waals surface area contributed by atoms with Gasteiger partial charge in [0.1, 0.15) is 0 Å². The molecule has 0 bridgehead atoms. The normalized spacial score (nSPS) is 9.91. The molecule has 62 valence electrons. The maximum Gasteiger partial charge on any atom is 0.0359 e. The van der Waals surface area contributed by atoms with E-state index in [1.54, 1.807) is 0 Å². The van der Waals surface area contributed by atoms with Gasteiger partial charge < -0.3 is 0 Å². The molecule has 0 saturated heterocycles. The second-order valence-corrected chi connectivity index (χ2v) is 3.11. The van der Waals surface area contributed by atoms with Crippen molar-refractivity contribution in [2.24, 2.45) is 4.99 Å². The first-order valence-electron chi connectivity index (χ1n) is 3.85. The Labute approximate surface area is 69.5 Å². The molecule has 1 heteroatoms. The van der Waals surface area contributed by atoms with E-state index in [4.69, 9.17) is 0 Å². The first kappa shape index (κ1) is 10.2. The summed E-state index contributed by atoms with van der Waals surface area (Å²) in [4.78, 5) is 4.24. The standard InChI is InChI=1S/C10H17N/c1-8(2)6-7-11-10(5)9(3)4/h6-7H,1-5H3. The van der Waals surface area contributed by atoms with Gasteiger partial charge in [-0.1, -0.05) is 11.1 Å². The lowest BCUT2D eigenvalue weighted by atomic mass is 10.3. The lowest BCUT2D eigenvalue weighted by molar-refractivity contribution is 1.19. The fourth-order valence-electron chi connectivity index (χ4n) is 0.427. The average molecular weight is 151 g/mol. The summed E-state index contributed by atoms with van der Waals surface area (Å²) in [5.41, 5.74) is 3.64.